The number of benzene rings is 1. The third kappa shape index (κ3) is 5.17. The number of carbonyl (C=O) groups is 1. The van der Waals surface area contributed by atoms with E-state index in [4.69, 9.17) is 9.47 Å². The van der Waals surface area contributed by atoms with Crippen LogP contribution in [0.1, 0.15) is 30.7 Å². The van der Waals surface area contributed by atoms with Gasteiger partial charge in [0.15, 0.2) is 11.5 Å². The molecule has 0 heterocycles. The molecule has 0 fully saturated rings. The minimum absolute atomic E-state index is 0.0929. The number of halogens is 3. The second-order valence-electron chi connectivity index (χ2n) is 4.51. The molecule has 0 spiro atoms. The van der Waals surface area contributed by atoms with Gasteiger partial charge in [0.05, 0.1) is 20.1 Å². The summed E-state index contributed by atoms with van der Waals surface area (Å²) in [6.45, 7) is 0. The molecule has 21 heavy (non-hydrogen) atoms. The summed E-state index contributed by atoms with van der Waals surface area (Å²) in [5.74, 6) is -1.39. The van der Waals surface area contributed by atoms with Crippen molar-refractivity contribution in [2.45, 2.75) is 31.4 Å². The topological polar surface area (TPSA) is 55.8 Å². The van der Waals surface area contributed by atoms with Crippen LogP contribution in [0.25, 0.3) is 0 Å². The number of methoxy groups -OCH3 is 2. The maximum Gasteiger partial charge on any atom is 0.389 e. The maximum absolute atomic E-state index is 12.1. The van der Waals surface area contributed by atoms with Crippen molar-refractivity contribution < 1.29 is 32.5 Å². The van der Waals surface area contributed by atoms with Gasteiger partial charge in [-0.3, -0.25) is 4.79 Å². The third-order valence-electron chi connectivity index (χ3n) is 3.06. The van der Waals surface area contributed by atoms with E-state index in [-0.39, 0.29) is 12.8 Å². The van der Waals surface area contributed by atoms with Gasteiger partial charge in [-0.1, -0.05) is 6.07 Å². The van der Waals surface area contributed by atoms with E-state index in [1.165, 1.54) is 32.4 Å². The quantitative estimate of drug-likeness (QED) is 0.836. The molecule has 1 aromatic rings. The summed E-state index contributed by atoms with van der Waals surface area (Å²) in [7, 11) is 2.84. The van der Waals surface area contributed by atoms with Gasteiger partial charge >= 0.3 is 12.1 Å². The minimum Gasteiger partial charge on any atom is -0.493 e. The summed E-state index contributed by atoms with van der Waals surface area (Å²) < 4.78 is 46.5. The molecule has 0 aliphatic carbocycles. The lowest BCUT2D eigenvalue weighted by molar-refractivity contribution is -0.142. The molecule has 0 saturated carbocycles. The number of carboxylic acids is 1. The van der Waals surface area contributed by atoms with Crippen LogP contribution in [0.2, 0.25) is 0 Å². The Hall–Kier alpha value is -1.92. The Morgan fingerprint density at radius 2 is 1.86 bits per heavy atom. The van der Waals surface area contributed by atoms with E-state index in [1.54, 1.807) is 0 Å². The normalized spacial score (nSPS) is 12.8. The highest BCUT2D eigenvalue weighted by molar-refractivity contribution is 5.76. The predicted octanol–water partition coefficient (Wildman–Crippen LogP) is 3.60. The monoisotopic (exact) mass is 306 g/mol. The van der Waals surface area contributed by atoms with Gasteiger partial charge in [-0.25, -0.2) is 0 Å². The number of ether oxygens (including phenoxy) is 2. The summed E-state index contributed by atoms with van der Waals surface area (Å²) in [5.41, 5.74) is 0.391. The number of carboxylic acid groups (broad SMARTS) is 1. The first kappa shape index (κ1) is 17.1. The van der Waals surface area contributed by atoms with E-state index in [0.717, 1.165) is 0 Å². The molecule has 0 aliphatic rings. The van der Waals surface area contributed by atoms with E-state index in [2.05, 4.69) is 0 Å². The fourth-order valence-electron chi connectivity index (χ4n) is 2.01. The van der Waals surface area contributed by atoms with Gasteiger partial charge < -0.3 is 14.6 Å². The van der Waals surface area contributed by atoms with Crippen LogP contribution in [0.4, 0.5) is 13.2 Å². The molecule has 0 aliphatic heterocycles. The number of aliphatic carboxylic acids is 1. The van der Waals surface area contributed by atoms with Crippen molar-refractivity contribution >= 4 is 5.97 Å². The second kappa shape index (κ2) is 7.19. The molecular weight excluding hydrogens is 289 g/mol. The number of hydrogen-bond acceptors (Lipinski definition) is 3. The molecule has 0 saturated heterocycles. The highest BCUT2D eigenvalue weighted by Gasteiger charge is 2.28. The molecule has 118 valence electrons. The average molecular weight is 306 g/mol. The minimum atomic E-state index is -4.28. The highest BCUT2D eigenvalue weighted by Crippen LogP contribution is 2.33. The Kier molecular flexibility index (Phi) is 5.87. The lowest BCUT2D eigenvalue weighted by Crippen LogP contribution is -2.14. The first-order valence-electron chi connectivity index (χ1n) is 6.30. The number of rotatable bonds is 7. The maximum atomic E-state index is 12.1. The lowest BCUT2D eigenvalue weighted by Gasteiger charge is -2.16. The van der Waals surface area contributed by atoms with Crippen molar-refractivity contribution in [1.29, 1.82) is 0 Å². The molecule has 0 bridgehead atoms. The molecular formula is C14H17F3O4. The van der Waals surface area contributed by atoms with Crippen molar-refractivity contribution in [1.82, 2.24) is 0 Å². The van der Waals surface area contributed by atoms with Crippen LogP contribution in [0, 0.1) is 0 Å². The molecule has 7 heteroatoms. The molecule has 0 radical (unpaired) electrons. The van der Waals surface area contributed by atoms with E-state index < -0.39 is 24.5 Å². The van der Waals surface area contributed by atoms with E-state index in [1.807, 2.05) is 0 Å². The van der Waals surface area contributed by atoms with Gasteiger partial charge in [0.25, 0.3) is 0 Å². The van der Waals surface area contributed by atoms with Gasteiger partial charge in [-0.05, 0) is 30.5 Å². The SMILES string of the molecule is COc1ccc(C(CCCC(F)(F)F)C(=O)O)cc1OC. The standard InChI is InChI=1S/C14H17F3O4/c1-20-11-6-5-9(8-12(11)21-2)10(13(18)19)4-3-7-14(15,16)17/h5-6,8,10H,3-4,7H2,1-2H3,(H,18,19). The molecule has 1 N–H and O–H groups in total. The number of alkyl halides is 3. The smallest absolute Gasteiger partial charge is 0.389 e. The zero-order valence-electron chi connectivity index (χ0n) is 11.7. The zero-order chi connectivity index (χ0) is 16.0. The van der Waals surface area contributed by atoms with Crippen LogP contribution in [0.15, 0.2) is 18.2 Å². The van der Waals surface area contributed by atoms with Crippen molar-refractivity contribution in [2.24, 2.45) is 0 Å². The Labute approximate surface area is 120 Å². The summed E-state index contributed by atoms with van der Waals surface area (Å²) in [5, 5.41) is 9.19. The molecule has 1 atom stereocenters. The van der Waals surface area contributed by atoms with Gasteiger partial charge in [-0.15, -0.1) is 0 Å². The van der Waals surface area contributed by atoms with Crippen LogP contribution in [-0.2, 0) is 4.79 Å². The molecule has 1 unspecified atom stereocenters. The van der Waals surface area contributed by atoms with Gasteiger partial charge in [0.2, 0.25) is 0 Å². The van der Waals surface area contributed by atoms with Crippen molar-refractivity contribution in [3.63, 3.8) is 0 Å². The van der Waals surface area contributed by atoms with Crippen molar-refractivity contribution in [3.8, 4) is 11.5 Å². The Balaban J connectivity index is 2.88. The van der Waals surface area contributed by atoms with Crippen LogP contribution < -0.4 is 9.47 Å². The summed E-state index contributed by atoms with van der Waals surface area (Å²) >= 11 is 0. The van der Waals surface area contributed by atoms with E-state index in [0.29, 0.717) is 17.1 Å². The van der Waals surface area contributed by atoms with Crippen LogP contribution in [0.3, 0.4) is 0 Å². The Morgan fingerprint density at radius 3 is 2.33 bits per heavy atom. The Morgan fingerprint density at radius 1 is 1.24 bits per heavy atom. The summed E-state index contributed by atoms with van der Waals surface area (Å²) in [4.78, 5) is 11.3. The molecule has 4 nitrogen and oxygen atoms in total. The summed E-state index contributed by atoms with van der Waals surface area (Å²) in [6.07, 6.45) is -5.61. The first-order valence-corrected chi connectivity index (χ1v) is 6.30. The second-order valence-corrected chi connectivity index (χ2v) is 4.51. The summed E-state index contributed by atoms with van der Waals surface area (Å²) in [6, 6.07) is 4.53. The van der Waals surface area contributed by atoms with Crippen LogP contribution in [0.5, 0.6) is 11.5 Å². The third-order valence-corrected chi connectivity index (χ3v) is 3.06. The van der Waals surface area contributed by atoms with E-state index in [9.17, 15) is 23.1 Å². The average Bonchev–Trinajstić information content (AvgIpc) is 2.41. The lowest BCUT2D eigenvalue weighted by atomic mass is 9.93. The zero-order valence-corrected chi connectivity index (χ0v) is 11.7. The highest BCUT2D eigenvalue weighted by atomic mass is 19.4. The predicted molar refractivity (Wildman–Crippen MR) is 69.8 cm³/mol. The fourth-order valence-corrected chi connectivity index (χ4v) is 2.01. The molecule has 1 rings (SSSR count). The number of hydrogen-bond donors (Lipinski definition) is 1. The molecule has 0 aromatic heterocycles. The van der Waals surface area contributed by atoms with Crippen LogP contribution in [-0.4, -0.2) is 31.5 Å². The van der Waals surface area contributed by atoms with Gasteiger partial charge in [-0.2, -0.15) is 13.2 Å². The van der Waals surface area contributed by atoms with Crippen molar-refractivity contribution in [2.75, 3.05) is 14.2 Å². The fraction of sp³-hybridized carbons (Fsp3) is 0.500. The Bertz CT molecular complexity index is 486. The van der Waals surface area contributed by atoms with Gasteiger partial charge in [0.1, 0.15) is 0 Å². The molecule has 1 aromatic carbocycles. The van der Waals surface area contributed by atoms with Crippen LogP contribution >= 0.6 is 0 Å². The van der Waals surface area contributed by atoms with Crippen molar-refractivity contribution in [3.05, 3.63) is 23.8 Å². The first-order chi connectivity index (χ1) is 9.78. The van der Waals surface area contributed by atoms with E-state index >= 15 is 0 Å². The largest absolute Gasteiger partial charge is 0.493 e. The van der Waals surface area contributed by atoms with Gasteiger partial charge in [0, 0.05) is 6.42 Å². The molecule has 0 amide bonds.